The average molecular weight is 289 g/mol. The molecule has 0 radical (unpaired) electrons. The van der Waals surface area contributed by atoms with Crippen LogP contribution in [0.25, 0.3) is 0 Å². The maximum absolute atomic E-state index is 6.42. The fraction of sp³-hybridized carbons (Fsp3) is 0.667. The molecule has 116 valence electrons. The van der Waals surface area contributed by atoms with Crippen LogP contribution in [0.15, 0.2) is 18.2 Å². The molecule has 1 aliphatic heterocycles. The lowest BCUT2D eigenvalue weighted by molar-refractivity contribution is 0.152. The van der Waals surface area contributed by atoms with Crippen molar-refractivity contribution in [2.75, 3.05) is 13.2 Å². The van der Waals surface area contributed by atoms with Gasteiger partial charge in [0.05, 0.1) is 0 Å². The summed E-state index contributed by atoms with van der Waals surface area (Å²) < 4.78 is 11.3. The molecule has 0 saturated heterocycles. The number of ether oxygens (including phenoxy) is 2. The molecular weight excluding hydrogens is 262 g/mol. The molecule has 1 heterocycles. The Labute approximate surface area is 127 Å². The molecule has 2 N–H and O–H groups in total. The van der Waals surface area contributed by atoms with Gasteiger partial charge in [0.15, 0.2) is 11.5 Å². The highest BCUT2D eigenvalue weighted by atomic mass is 16.6. The van der Waals surface area contributed by atoms with Crippen molar-refractivity contribution in [1.82, 2.24) is 0 Å². The third-order valence-corrected chi connectivity index (χ3v) is 5.12. The minimum absolute atomic E-state index is 0.256. The van der Waals surface area contributed by atoms with E-state index in [0.29, 0.717) is 24.5 Å². The van der Waals surface area contributed by atoms with Crippen LogP contribution >= 0.6 is 0 Å². The molecule has 0 bridgehead atoms. The first-order chi connectivity index (χ1) is 9.95. The molecule has 0 amide bonds. The topological polar surface area (TPSA) is 44.5 Å². The zero-order valence-electron chi connectivity index (χ0n) is 13.4. The van der Waals surface area contributed by atoms with E-state index >= 15 is 0 Å². The number of fused-ring (bicyclic) bond motifs is 1. The Hall–Kier alpha value is -1.22. The van der Waals surface area contributed by atoms with Gasteiger partial charge in [-0.05, 0) is 54.2 Å². The second kappa shape index (κ2) is 5.53. The zero-order chi connectivity index (χ0) is 15.0. The molecule has 1 aromatic rings. The van der Waals surface area contributed by atoms with E-state index in [2.05, 4.69) is 32.9 Å². The molecule has 0 aromatic heterocycles. The number of rotatable bonds is 1. The lowest BCUT2D eigenvalue weighted by atomic mass is 9.66. The van der Waals surface area contributed by atoms with Crippen molar-refractivity contribution >= 4 is 0 Å². The third kappa shape index (κ3) is 3.03. The van der Waals surface area contributed by atoms with Crippen molar-refractivity contribution in [3.63, 3.8) is 0 Å². The highest BCUT2D eigenvalue weighted by Crippen LogP contribution is 2.45. The summed E-state index contributed by atoms with van der Waals surface area (Å²) in [5.74, 6) is 2.90. The van der Waals surface area contributed by atoms with E-state index in [-0.39, 0.29) is 6.04 Å². The zero-order valence-corrected chi connectivity index (χ0v) is 13.4. The van der Waals surface area contributed by atoms with Gasteiger partial charge in [0.2, 0.25) is 0 Å². The van der Waals surface area contributed by atoms with E-state index in [0.717, 1.165) is 23.8 Å². The highest BCUT2D eigenvalue weighted by molar-refractivity contribution is 5.45. The molecular formula is C18H27NO2. The molecule has 1 aliphatic carbocycles. The number of hydrogen-bond donors (Lipinski definition) is 1. The Morgan fingerprint density at radius 2 is 1.76 bits per heavy atom. The van der Waals surface area contributed by atoms with E-state index < -0.39 is 0 Å². The summed E-state index contributed by atoms with van der Waals surface area (Å²) in [7, 11) is 0. The lowest BCUT2D eigenvalue weighted by Gasteiger charge is -2.41. The van der Waals surface area contributed by atoms with Crippen molar-refractivity contribution in [3.8, 4) is 11.5 Å². The first-order valence-corrected chi connectivity index (χ1v) is 8.10. The molecule has 3 heteroatoms. The van der Waals surface area contributed by atoms with Gasteiger partial charge >= 0.3 is 0 Å². The summed E-state index contributed by atoms with van der Waals surface area (Å²) in [5.41, 5.74) is 8.08. The van der Waals surface area contributed by atoms with Gasteiger partial charge in [0.25, 0.3) is 0 Å². The summed E-state index contributed by atoms with van der Waals surface area (Å²) in [5, 5.41) is 0. The molecule has 21 heavy (non-hydrogen) atoms. The van der Waals surface area contributed by atoms with Gasteiger partial charge in [-0.1, -0.05) is 26.8 Å². The minimum atomic E-state index is 0.256. The number of nitrogens with two attached hydrogens (primary N) is 1. The van der Waals surface area contributed by atoms with Gasteiger partial charge in [-0.3, -0.25) is 0 Å². The van der Waals surface area contributed by atoms with Crippen molar-refractivity contribution in [2.45, 2.75) is 52.0 Å². The van der Waals surface area contributed by atoms with E-state index in [4.69, 9.17) is 15.2 Å². The summed E-state index contributed by atoms with van der Waals surface area (Å²) >= 11 is 0. The molecule has 1 saturated carbocycles. The second-order valence-corrected chi connectivity index (χ2v) is 7.55. The first kappa shape index (κ1) is 14.7. The van der Waals surface area contributed by atoms with E-state index in [1.54, 1.807) is 0 Å². The molecule has 3 nitrogen and oxygen atoms in total. The van der Waals surface area contributed by atoms with E-state index in [1.807, 2.05) is 6.07 Å². The van der Waals surface area contributed by atoms with E-state index in [1.165, 1.54) is 18.4 Å². The van der Waals surface area contributed by atoms with Gasteiger partial charge in [0, 0.05) is 6.04 Å². The van der Waals surface area contributed by atoms with Gasteiger partial charge in [-0.25, -0.2) is 0 Å². The van der Waals surface area contributed by atoms with E-state index in [9.17, 15) is 0 Å². The summed E-state index contributed by atoms with van der Waals surface area (Å²) in [6, 6.07) is 6.61. The first-order valence-electron chi connectivity index (χ1n) is 8.10. The lowest BCUT2D eigenvalue weighted by Crippen LogP contribution is -2.38. The monoisotopic (exact) mass is 289 g/mol. The molecule has 1 fully saturated rings. The maximum atomic E-state index is 6.42. The molecule has 2 aliphatic rings. The summed E-state index contributed by atoms with van der Waals surface area (Å²) in [6.07, 6.45) is 3.52. The Bertz CT molecular complexity index is 506. The number of hydrogen-bond acceptors (Lipinski definition) is 3. The van der Waals surface area contributed by atoms with Crippen LogP contribution in [0, 0.1) is 11.3 Å². The van der Waals surface area contributed by atoms with Crippen LogP contribution in [0.3, 0.4) is 0 Å². The largest absolute Gasteiger partial charge is 0.486 e. The maximum Gasteiger partial charge on any atom is 0.161 e. The van der Waals surface area contributed by atoms with Gasteiger partial charge < -0.3 is 15.2 Å². The smallest absolute Gasteiger partial charge is 0.161 e. The Balaban J connectivity index is 1.84. The van der Waals surface area contributed by atoms with Crippen molar-refractivity contribution in [3.05, 3.63) is 23.8 Å². The molecule has 3 unspecified atom stereocenters. The van der Waals surface area contributed by atoms with Crippen LogP contribution in [0.4, 0.5) is 0 Å². The Morgan fingerprint density at radius 3 is 2.48 bits per heavy atom. The summed E-state index contributed by atoms with van der Waals surface area (Å²) in [4.78, 5) is 0. The Kier molecular flexibility index (Phi) is 3.87. The normalized spacial score (nSPS) is 29.2. The fourth-order valence-corrected chi connectivity index (χ4v) is 3.65. The van der Waals surface area contributed by atoms with Crippen LogP contribution in [-0.4, -0.2) is 19.3 Å². The average Bonchev–Trinajstić information content (AvgIpc) is 2.46. The van der Waals surface area contributed by atoms with Crippen molar-refractivity contribution in [1.29, 1.82) is 0 Å². The second-order valence-electron chi connectivity index (χ2n) is 7.55. The predicted octanol–water partition coefficient (Wildman–Crippen LogP) is 3.71. The SMILES string of the molecule is CC(C)(C)C1CCC(N)C(c2ccc3c(c2)OCCO3)C1. The van der Waals surface area contributed by atoms with Crippen LogP contribution in [0.5, 0.6) is 11.5 Å². The Morgan fingerprint density at radius 1 is 1.05 bits per heavy atom. The van der Waals surface area contributed by atoms with Crippen LogP contribution in [0.1, 0.15) is 51.5 Å². The van der Waals surface area contributed by atoms with Crippen molar-refractivity contribution in [2.24, 2.45) is 17.1 Å². The minimum Gasteiger partial charge on any atom is -0.486 e. The van der Waals surface area contributed by atoms with Gasteiger partial charge in [-0.2, -0.15) is 0 Å². The van der Waals surface area contributed by atoms with Crippen LogP contribution in [0.2, 0.25) is 0 Å². The number of benzene rings is 1. The van der Waals surface area contributed by atoms with Gasteiger partial charge in [0.1, 0.15) is 13.2 Å². The standard InChI is InChI=1S/C18H27NO2/c1-18(2,3)13-5-6-15(19)14(11-13)12-4-7-16-17(10-12)21-9-8-20-16/h4,7,10,13-15H,5-6,8-9,11,19H2,1-3H3. The fourth-order valence-electron chi connectivity index (χ4n) is 3.65. The van der Waals surface area contributed by atoms with Crippen molar-refractivity contribution < 1.29 is 9.47 Å². The predicted molar refractivity (Wildman–Crippen MR) is 84.9 cm³/mol. The highest BCUT2D eigenvalue weighted by Gasteiger charge is 2.35. The quantitative estimate of drug-likeness (QED) is 0.857. The molecule has 0 spiro atoms. The molecule has 3 rings (SSSR count). The molecule has 1 aromatic carbocycles. The summed E-state index contributed by atoms with van der Waals surface area (Å²) in [6.45, 7) is 8.30. The molecule has 3 atom stereocenters. The van der Waals surface area contributed by atoms with Crippen LogP contribution in [-0.2, 0) is 0 Å². The van der Waals surface area contributed by atoms with Crippen LogP contribution < -0.4 is 15.2 Å². The van der Waals surface area contributed by atoms with Gasteiger partial charge in [-0.15, -0.1) is 0 Å². The third-order valence-electron chi connectivity index (χ3n) is 5.12.